The second kappa shape index (κ2) is 6.42. The number of aliphatic hydroxyl groups excluding tert-OH is 4. The Balaban J connectivity index is 1.96. The molecule has 0 aromatic heterocycles. The lowest BCUT2D eigenvalue weighted by Gasteiger charge is -2.39. The van der Waals surface area contributed by atoms with Crippen LogP contribution in [-0.4, -0.2) is 57.7 Å². The molecule has 0 bridgehead atoms. The molecule has 5 atom stereocenters. The van der Waals surface area contributed by atoms with Gasteiger partial charge in [0.1, 0.15) is 24.4 Å². The minimum Gasteiger partial charge on any atom is -0.394 e. The van der Waals surface area contributed by atoms with Gasteiger partial charge in [-0.05, 0) is 5.56 Å². The highest BCUT2D eigenvalue weighted by molar-refractivity contribution is 5.13. The molecule has 0 spiro atoms. The van der Waals surface area contributed by atoms with Crippen molar-refractivity contribution in [2.75, 3.05) is 6.61 Å². The van der Waals surface area contributed by atoms with Crippen molar-refractivity contribution >= 4 is 0 Å². The van der Waals surface area contributed by atoms with Crippen LogP contribution in [0.1, 0.15) is 5.56 Å². The van der Waals surface area contributed by atoms with Gasteiger partial charge in [0.2, 0.25) is 0 Å². The zero-order valence-corrected chi connectivity index (χ0v) is 10.3. The molecule has 6 heteroatoms. The van der Waals surface area contributed by atoms with Crippen LogP contribution in [0.15, 0.2) is 30.3 Å². The summed E-state index contributed by atoms with van der Waals surface area (Å²) in [5.74, 6) is 0. The van der Waals surface area contributed by atoms with E-state index in [1.165, 1.54) is 0 Å². The molecule has 19 heavy (non-hydrogen) atoms. The van der Waals surface area contributed by atoms with Crippen molar-refractivity contribution in [2.24, 2.45) is 0 Å². The molecule has 0 unspecified atom stereocenters. The third-order valence-electron chi connectivity index (χ3n) is 3.13. The van der Waals surface area contributed by atoms with Gasteiger partial charge in [-0.15, -0.1) is 0 Å². The highest BCUT2D eigenvalue weighted by Crippen LogP contribution is 2.23. The standard InChI is InChI=1S/C13H18O6/c14-6-9-10(15)11(16)12(13(17)19-9)18-7-8-4-2-1-3-5-8/h1-5,9-17H,6-7H2/t9-,10+,11+,12-,13+/m1/s1. The first kappa shape index (κ1) is 14.4. The predicted molar refractivity (Wildman–Crippen MR) is 65.0 cm³/mol. The number of aliphatic hydroxyl groups is 4. The fraction of sp³-hybridized carbons (Fsp3) is 0.538. The smallest absolute Gasteiger partial charge is 0.184 e. The van der Waals surface area contributed by atoms with Crippen LogP contribution in [0.3, 0.4) is 0 Å². The summed E-state index contributed by atoms with van der Waals surface area (Å²) in [6.07, 6.45) is -6.07. The Morgan fingerprint density at radius 1 is 1.05 bits per heavy atom. The highest BCUT2D eigenvalue weighted by Gasteiger charge is 2.44. The molecule has 1 aliphatic rings. The van der Waals surface area contributed by atoms with E-state index in [-0.39, 0.29) is 6.61 Å². The van der Waals surface area contributed by atoms with Crippen LogP contribution in [-0.2, 0) is 16.1 Å². The van der Waals surface area contributed by atoms with E-state index in [2.05, 4.69) is 0 Å². The molecule has 1 fully saturated rings. The summed E-state index contributed by atoms with van der Waals surface area (Å²) < 4.78 is 10.4. The van der Waals surface area contributed by atoms with Crippen molar-refractivity contribution in [3.05, 3.63) is 35.9 Å². The summed E-state index contributed by atoms with van der Waals surface area (Å²) in [6, 6.07) is 9.25. The van der Waals surface area contributed by atoms with Gasteiger partial charge in [0, 0.05) is 0 Å². The number of ether oxygens (including phenoxy) is 2. The molecular formula is C13H18O6. The molecule has 0 radical (unpaired) electrons. The van der Waals surface area contributed by atoms with Crippen LogP contribution in [0.4, 0.5) is 0 Å². The van der Waals surface area contributed by atoms with Gasteiger partial charge in [-0.1, -0.05) is 30.3 Å². The van der Waals surface area contributed by atoms with Crippen LogP contribution >= 0.6 is 0 Å². The highest BCUT2D eigenvalue weighted by atomic mass is 16.7. The number of hydrogen-bond donors (Lipinski definition) is 4. The van der Waals surface area contributed by atoms with Crippen molar-refractivity contribution < 1.29 is 29.9 Å². The molecule has 6 nitrogen and oxygen atoms in total. The van der Waals surface area contributed by atoms with E-state index < -0.39 is 37.3 Å². The molecule has 0 amide bonds. The van der Waals surface area contributed by atoms with Crippen molar-refractivity contribution in [3.8, 4) is 0 Å². The van der Waals surface area contributed by atoms with E-state index in [9.17, 15) is 15.3 Å². The zero-order chi connectivity index (χ0) is 13.8. The van der Waals surface area contributed by atoms with Crippen LogP contribution in [0, 0.1) is 0 Å². The van der Waals surface area contributed by atoms with Gasteiger partial charge < -0.3 is 29.9 Å². The molecule has 0 aliphatic carbocycles. The Labute approximate surface area is 110 Å². The Hall–Kier alpha value is -1.02. The third-order valence-corrected chi connectivity index (χ3v) is 3.13. The van der Waals surface area contributed by atoms with Crippen molar-refractivity contribution in [2.45, 2.75) is 37.3 Å². The minimum atomic E-state index is -1.39. The van der Waals surface area contributed by atoms with E-state index in [0.29, 0.717) is 0 Å². The molecular weight excluding hydrogens is 252 g/mol. The van der Waals surface area contributed by atoms with Crippen molar-refractivity contribution in [1.29, 1.82) is 0 Å². The lowest BCUT2D eigenvalue weighted by Crippen LogP contribution is -2.59. The Kier molecular flexibility index (Phi) is 4.87. The second-order valence-corrected chi connectivity index (χ2v) is 4.49. The maximum atomic E-state index is 9.86. The summed E-state index contributed by atoms with van der Waals surface area (Å²) in [5, 5.41) is 38.2. The topological polar surface area (TPSA) is 99.4 Å². The molecule has 1 aromatic rings. The maximum Gasteiger partial charge on any atom is 0.184 e. The third kappa shape index (κ3) is 3.30. The minimum absolute atomic E-state index is 0.180. The van der Waals surface area contributed by atoms with E-state index in [1.807, 2.05) is 30.3 Å². The van der Waals surface area contributed by atoms with Gasteiger partial charge in [0.05, 0.1) is 13.2 Å². The van der Waals surface area contributed by atoms with Gasteiger partial charge in [-0.2, -0.15) is 0 Å². The Morgan fingerprint density at radius 2 is 1.74 bits per heavy atom. The summed E-state index contributed by atoms with van der Waals surface area (Å²) >= 11 is 0. The van der Waals surface area contributed by atoms with Crippen molar-refractivity contribution in [1.82, 2.24) is 0 Å². The normalized spacial score (nSPS) is 35.3. The van der Waals surface area contributed by atoms with Crippen molar-refractivity contribution in [3.63, 3.8) is 0 Å². The van der Waals surface area contributed by atoms with E-state index in [1.54, 1.807) is 0 Å². The molecule has 0 saturated carbocycles. The van der Waals surface area contributed by atoms with Crippen LogP contribution < -0.4 is 0 Å². The van der Waals surface area contributed by atoms with Gasteiger partial charge in [0.25, 0.3) is 0 Å². The van der Waals surface area contributed by atoms with E-state index in [0.717, 1.165) is 5.56 Å². The summed E-state index contributed by atoms with van der Waals surface area (Å²) in [6.45, 7) is -0.305. The first-order valence-corrected chi connectivity index (χ1v) is 6.09. The van der Waals surface area contributed by atoms with Crippen LogP contribution in [0.25, 0.3) is 0 Å². The molecule has 4 N–H and O–H groups in total. The average Bonchev–Trinajstić information content (AvgIpc) is 2.44. The summed E-state index contributed by atoms with van der Waals surface area (Å²) in [5.41, 5.74) is 0.876. The lowest BCUT2D eigenvalue weighted by molar-refractivity contribution is -0.298. The largest absolute Gasteiger partial charge is 0.394 e. The predicted octanol–water partition coefficient (Wildman–Crippen LogP) is -0.997. The molecule has 2 rings (SSSR count). The molecule has 1 heterocycles. The monoisotopic (exact) mass is 270 g/mol. The second-order valence-electron chi connectivity index (χ2n) is 4.49. The van der Waals surface area contributed by atoms with Gasteiger partial charge in [0.15, 0.2) is 6.29 Å². The molecule has 106 valence electrons. The van der Waals surface area contributed by atoms with E-state index in [4.69, 9.17) is 14.6 Å². The quantitative estimate of drug-likeness (QED) is 0.560. The summed E-state index contributed by atoms with van der Waals surface area (Å²) in [7, 11) is 0. The molecule has 1 aliphatic heterocycles. The Morgan fingerprint density at radius 3 is 2.37 bits per heavy atom. The van der Waals surface area contributed by atoms with Crippen LogP contribution in [0.5, 0.6) is 0 Å². The number of hydrogen-bond acceptors (Lipinski definition) is 6. The average molecular weight is 270 g/mol. The number of benzene rings is 1. The van der Waals surface area contributed by atoms with Gasteiger partial charge in [-0.25, -0.2) is 0 Å². The first-order valence-electron chi connectivity index (χ1n) is 6.09. The molecule has 1 saturated heterocycles. The fourth-order valence-electron chi connectivity index (χ4n) is 2.02. The number of rotatable bonds is 4. The summed E-state index contributed by atoms with van der Waals surface area (Å²) in [4.78, 5) is 0. The Bertz CT molecular complexity index is 384. The maximum absolute atomic E-state index is 9.86. The lowest BCUT2D eigenvalue weighted by atomic mass is 9.99. The van der Waals surface area contributed by atoms with Gasteiger partial charge in [-0.3, -0.25) is 0 Å². The molecule has 1 aromatic carbocycles. The van der Waals surface area contributed by atoms with Gasteiger partial charge >= 0.3 is 0 Å². The SMILES string of the molecule is OC[C@H]1O[C@H](O)[C@H](OCc2ccccc2)[C@@H](O)[C@H]1O. The first-order chi connectivity index (χ1) is 9.13. The van der Waals surface area contributed by atoms with Crippen LogP contribution in [0.2, 0.25) is 0 Å². The zero-order valence-electron chi connectivity index (χ0n) is 10.3. The van der Waals surface area contributed by atoms with E-state index >= 15 is 0 Å². The fourth-order valence-corrected chi connectivity index (χ4v) is 2.02.